The van der Waals surface area contributed by atoms with Gasteiger partial charge in [0.1, 0.15) is 0 Å². The number of rotatable bonds is 3. The van der Waals surface area contributed by atoms with E-state index in [2.05, 4.69) is 52.0 Å². The Bertz CT molecular complexity index is 423. The summed E-state index contributed by atoms with van der Waals surface area (Å²) in [6.07, 6.45) is 2.29. The SMILES string of the molecule is CCC1(C)CC(O)(c2ccc(C(C)C)cc2)CCO1. The smallest absolute Gasteiger partial charge is 0.0945 e. The van der Waals surface area contributed by atoms with Crippen LogP contribution in [0, 0.1) is 0 Å². The lowest BCUT2D eigenvalue weighted by Gasteiger charge is -2.43. The molecule has 2 nitrogen and oxygen atoms in total. The molecule has 1 saturated heterocycles. The van der Waals surface area contributed by atoms with Crippen molar-refractivity contribution in [3.8, 4) is 0 Å². The largest absolute Gasteiger partial charge is 0.385 e. The minimum Gasteiger partial charge on any atom is -0.385 e. The fraction of sp³-hybridized carbons (Fsp3) is 0.647. The Morgan fingerprint density at radius 3 is 2.42 bits per heavy atom. The molecule has 1 aliphatic heterocycles. The summed E-state index contributed by atoms with van der Waals surface area (Å²) in [5, 5.41) is 11.0. The highest BCUT2D eigenvalue weighted by molar-refractivity contribution is 5.29. The van der Waals surface area contributed by atoms with Crippen molar-refractivity contribution in [3.63, 3.8) is 0 Å². The summed E-state index contributed by atoms with van der Waals surface area (Å²) >= 11 is 0. The van der Waals surface area contributed by atoms with E-state index in [0.29, 0.717) is 25.4 Å². The Labute approximate surface area is 116 Å². The molecule has 0 saturated carbocycles. The van der Waals surface area contributed by atoms with Gasteiger partial charge in [0.15, 0.2) is 0 Å². The van der Waals surface area contributed by atoms with Gasteiger partial charge in [-0.2, -0.15) is 0 Å². The molecule has 1 heterocycles. The summed E-state index contributed by atoms with van der Waals surface area (Å²) in [5.74, 6) is 0.527. The molecule has 2 unspecified atom stereocenters. The van der Waals surface area contributed by atoms with E-state index in [4.69, 9.17) is 4.74 Å². The zero-order valence-corrected chi connectivity index (χ0v) is 12.6. The van der Waals surface area contributed by atoms with Gasteiger partial charge in [-0.3, -0.25) is 0 Å². The predicted octanol–water partition coefficient (Wildman–Crippen LogP) is 3.98. The van der Waals surface area contributed by atoms with Crippen LogP contribution < -0.4 is 0 Å². The van der Waals surface area contributed by atoms with Gasteiger partial charge >= 0.3 is 0 Å². The minimum atomic E-state index is -0.738. The lowest BCUT2D eigenvalue weighted by Crippen LogP contribution is -2.45. The second-order valence-corrected chi connectivity index (χ2v) is 6.39. The fourth-order valence-electron chi connectivity index (χ4n) is 2.88. The first-order chi connectivity index (χ1) is 8.88. The molecule has 1 N–H and O–H groups in total. The van der Waals surface area contributed by atoms with Crippen LogP contribution in [0.1, 0.15) is 64.0 Å². The van der Waals surface area contributed by atoms with Crippen molar-refractivity contribution in [1.29, 1.82) is 0 Å². The van der Waals surface area contributed by atoms with Gasteiger partial charge in [0, 0.05) is 12.8 Å². The second-order valence-electron chi connectivity index (χ2n) is 6.39. The van der Waals surface area contributed by atoms with Crippen molar-refractivity contribution in [2.45, 2.75) is 64.1 Å². The van der Waals surface area contributed by atoms with Crippen molar-refractivity contribution in [3.05, 3.63) is 35.4 Å². The molecule has 106 valence electrons. The molecule has 0 aliphatic carbocycles. The van der Waals surface area contributed by atoms with Gasteiger partial charge in [0.2, 0.25) is 0 Å². The van der Waals surface area contributed by atoms with E-state index in [9.17, 15) is 5.11 Å². The van der Waals surface area contributed by atoms with Gasteiger partial charge in [-0.15, -0.1) is 0 Å². The summed E-state index contributed by atoms with van der Waals surface area (Å²) < 4.78 is 5.83. The highest BCUT2D eigenvalue weighted by atomic mass is 16.5. The van der Waals surface area contributed by atoms with Gasteiger partial charge in [-0.25, -0.2) is 0 Å². The molecule has 2 rings (SSSR count). The maximum Gasteiger partial charge on any atom is 0.0945 e. The molecule has 1 aliphatic rings. The van der Waals surface area contributed by atoms with E-state index < -0.39 is 5.60 Å². The Morgan fingerprint density at radius 2 is 1.89 bits per heavy atom. The molecule has 1 aromatic carbocycles. The molecule has 1 aromatic rings. The van der Waals surface area contributed by atoms with Crippen LogP contribution in [0.15, 0.2) is 24.3 Å². The number of ether oxygens (including phenoxy) is 1. The van der Waals surface area contributed by atoms with Gasteiger partial charge < -0.3 is 9.84 Å². The van der Waals surface area contributed by atoms with Gasteiger partial charge in [-0.05, 0) is 30.4 Å². The van der Waals surface area contributed by atoms with Crippen LogP contribution in [0.3, 0.4) is 0 Å². The molecular formula is C17H26O2. The number of aliphatic hydroxyl groups is 1. The van der Waals surface area contributed by atoms with E-state index in [1.165, 1.54) is 5.56 Å². The van der Waals surface area contributed by atoms with Gasteiger partial charge in [0.05, 0.1) is 17.8 Å². The van der Waals surface area contributed by atoms with Crippen LogP contribution in [0.5, 0.6) is 0 Å². The highest BCUT2D eigenvalue weighted by Crippen LogP contribution is 2.41. The molecule has 0 spiro atoms. The number of hydrogen-bond donors (Lipinski definition) is 1. The van der Waals surface area contributed by atoms with Gasteiger partial charge in [-0.1, -0.05) is 45.0 Å². The van der Waals surface area contributed by atoms with Crippen molar-refractivity contribution >= 4 is 0 Å². The predicted molar refractivity (Wildman–Crippen MR) is 78.3 cm³/mol. The normalized spacial score (nSPS) is 31.7. The minimum absolute atomic E-state index is 0.205. The maximum atomic E-state index is 11.0. The van der Waals surface area contributed by atoms with Crippen LogP contribution >= 0.6 is 0 Å². The Morgan fingerprint density at radius 1 is 1.26 bits per heavy atom. The quantitative estimate of drug-likeness (QED) is 0.893. The third-order valence-electron chi connectivity index (χ3n) is 4.50. The van der Waals surface area contributed by atoms with Crippen LogP contribution in [-0.4, -0.2) is 17.3 Å². The Hall–Kier alpha value is -0.860. The third-order valence-corrected chi connectivity index (χ3v) is 4.50. The van der Waals surface area contributed by atoms with Crippen LogP contribution in [0.4, 0.5) is 0 Å². The molecule has 0 radical (unpaired) electrons. The van der Waals surface area contributed by atoms with E-state index in [0.717, 1.165) is 12.0 Å². The topological polar surface area (TPSA) is 29.5 Å². The molecular weight excluding hydrogens is 236 g/mol. The van der Waals surface area contributed by atoms with E-state index in [1.807, 2.05) is 0 Å². The summed E-state index contributed by atoms with van der Waals surface area (Å²) in [7, 11) is 0. The summed E-state index contributed by atoms with van der Waals surface area (Å²) in [6.45, 7) is 9.22. The van der Waals surface area contributed by atoms with E-state index >= 15 is 0 Å². The molecule has 0 aromatic heterocycles. The lowest BCUT2D eigenvalue weighted by molar-refractivity contribution is -0.157. The van der Waals surface area contributed by atoms with Crippen molar-refractivity contribution < 1.29 is 9.84 Å². The fourth-order valence-corrected chi connectivity index (χ4v) is 2.88. The number of hydrogen-bond acceptors (Lipinski definition) is 2. The Kier molecular flexibility index (Phi) is 4.03. The third kappa shape index (κ3) is 3.01. The van der Waals surface area contributed by atoms with Crippen LogP contribution in [0.2, 0.25) is 0 Å². The molecule has 19 heavy (non-hydrogen) atoms. The van der Waals surface area contributed by atoms with Gasteiger partial charge in [0.25, 0.3) is 0 Å². The summed E-state index contributed by atoms with van der Waals surface area (Å²) in [5.41, 5.74) is 1.40. The zero-order chi connectivity index (χ0) is 14.1. The lowest BCUT2D eigenvalue weighted by atomic mass is 9.77. The van der Waals surface area contributed by atoms with E-state index in [-0.39, 0.29) is 5.60 Å². The highest BCUT2D eigenvalue weighted by Gasteiger charge is 2.42. The van der Waals surface area contributed by atoms with Crippen molar-refractivity contribution in [1.82, 2.24) is 0 Å². The van der Waals surface area contributed by atoms with E-state index in [1.54, 1.807) is 0 Å². The van der Waals surface area contributed by atoms with Crippen molar-refractivity contribution in [2.24, 2.45) is 0 Å². The summed E-state index contributed by atoms with van der Waals surface area (Å²) in [4.78, 5) is 0. The first-order valence-electron chi connectivity index (χ1n) is 7.35. The second kappa shape index (κ2) is 5.26. The zero-order valence-electron chi connectivity index (χ0n) is 12.6. The van der Waals surface area contributed by atoms with Crippen LogP contribution in [-0.2, 0) is 10.3 Å². The Balaban J connectivity index is 2.24. The molecule has 2 heteroatoms. The van der Waals surface area contributed by atoms with Crippen LogP contribution in [0.25, 0.3) is 0 Å². The maximum absolute atomic E-state index is 11.0. The molecule has 1 fully saturated rings. The molecule has 0 amide bonds. The average Bonchev–Trinajstić information content (AvgIpc) is 2.39. The first-order valence-corrected chi connectivity index (χ1v) is 7.35. The number of benzene rings is 1. The first kappa shape index (κ1) is 14.5. The summed E-state index contributed by atoms with van der Waals surface area (Å²) in [6, 6.07) is 8.43. The van der Waals surface area contributed by atoms with Crippen molar-refractivity contribution in [2.75, 3.05) is 6.61 Å². The molecule has 2 atom stereocenters. The monoisotopic (exact) mass is 262 g/mol. The average molecular weight is 262 g/mol. The molecule has 0 bridgehead atoms. The standard InChI is InChI=1S/C17H26O2/c1-5-16(4)12-17(18,10-11-19-16)15-8-6-14(7-9-15)13(2)3/h6-9,13,18H,5,10-12H2,1-4H3.